The number of carbonyl (C=O) groups excluding carboxylic acids is 2. The summed E-state index contributed by atoms with van der Waals surface area (Å²) < 4.78 is 26.7. The fourth-order valence-electron chi connectivity index (χ4n) is 7.51. The van der Waals surface area contributed by atoms with Crippen LogP contribution in [0.4, 0.5) is 5.69 Å². The number of amides is 2. The smallest absolute Gasteiger partial charge is 0.254 e. The minimum Gasteiger partial charge on any atom is -0.334 e. The SMILES string of the molecule is Cc1cc(C)cc(C(=O)N2CCN(C(=O)CCN3CCC4(CC3)CN(S(C)(=O)=O)c3ccccc34)C(c3cc(Cl)cc(Cl)c3)C2)c1. The lowest BCUT2D eigenvalue weighted by Gasteiger charge is -2.43. The molecule has 2 fully saturated rings. The van der Waals surface area contributed by atoms with E-state index in [2.05, 4.69) is 11.0 Å². The van der Waals surface area contributed by atoms with Crippen LogP contribution in [0.2, 0.25) is 10.0 Å². The van der Waals surface area contributed by atoms with Crippen LogP contribution in [0, 0.1) is 13.8 Å². The van der Waals surface area contributed by atoms with E-state index in [0.29, 0.717) is 54.8 Å². The lowest BCUT2D eigenvalue weighted by Crippen LogP contribution is -2.53. The third kappa shape index (κ3) is 6.65. The van der Waals surface area contributed by atoms with E-state index in [1.165, 1.54) is 6.26 Å². The summed E-state index contributed by atoms with van der Waals surface area (Å²) in [5.74, 6) is -0.0310. The van der Waals surface area contributed by atoms with Gasteiger partial charge in [-0.05, 0) is 87.3 Å². The number of nitrogens with zero attached hydrogens (tertiary/aromatic N) is 4. The Kier molecular flexibility index (Phi) is 9.15. The molecule has 6 rings (SSSR count). The van der Waals surface area contributed by atoms with Gasteiger partial charge < -0.3 is 14.7 Å². The van der Waals surface area contributed by atoms with E-state index in [4.69, 9.17) is 23.2 Å². The van der Waals surface area contributed by atoms with Gasteiger partial charge in [0.25, 0.3) is 5.91 Å². The maximum atomic E-state index is 13.9. The molecule has 244 valence electrons. The largest absolute Gasteiger partial charge is 0.334 e. The number of piperazine rings is 1. The predicted octanol–water partition coefficient (Wildman–Crippen LogP) is 5.84. The topological polar surface area (TPSA) is 81.2 Å². The van der Waals surface area contributed by atoms with Crippen molar-refractivity contribution in [3.63, 3.8) is 0 Å². The number of piperidine rings is 1. The highest BCUT2D eigenvalue weighted by Crippen LogP contribution is 2.47. The Morgan fingerprint density at radius 2 is 1.54 bits per heavy atom. The van der Waals surface area contributed by atoms with Crippen molar-refractivity contribution in [2.75, 3.05) is 56.4 Å². The number of fused-ring (bicyclic) bond motifs is 2. The highest BCUT2D eigenvalue weighted by Gasteiger charge is 2.47. The Morgan fingerprint density at radius 1 is 0.891 bits per heavy atom. The number of rotatable bonds is 6. The van der Waals surface area contributed by atoms with Gasteiger partial charge in [-0.2, -0.15) is 0 Å². The maximum Gasteiger partial charge on any atom is 0.254 e. The van der Waals surface area contributed by atoms with Crippen LogP contribution < -0.4 is 4.31 Å². The molecular weight excluding hydrogens is 643 g/mol. The fourth-order valence-corrected chi connectivity index (χ4v) is 9.05. The Balaban J connectivity index is 1.14. The molecule has 0 saturated carbocycles. The first-order chi connectivity index (χ1) is 21.8. The van der Waals surface area contributed by atoms with Gasteiger partial charge in [0.05, 0.1) is 18.0 Å². The molecule has 0 aliphatic carbocycles. The summed E-state index contributed by atoms with van der Waals surface area (Å²) in [7, 11) is -3.37. The molecular formula is C35H40Cl2N4O4S. The first-order valence-corrected chi connectivity index (χ1v) is 18.4. The minimum atomic E-state index is -3.37. The summed E-state index contributed by atoms with van der Waals surface area (Å²) >= 11 is 12.8. The summed E-state index contributed by atoms with van der Waals surface area (Å²) in [5, 5.41) is 0.968. The molecule has 3 aliphatic heterocycles. The summed E-state index contributed by atoms with van der Waals surface area (Å²) in [4.78, 5) is 33.5. The van der Waals surface area contributed by atoms with Gasteiger partial charge in [0, 0.05) is 60.2 Å². The van der Waals surface area contributed by atoms with E-state index in [0.717, 1.165) is 53.9 Å². The second-order valence-electron chi connectivity index (χ2n) is 13.1. The maximum absolute atomic E-state index is 13.9. The molecule has 0 aromatic heterocycles. The van der Waals surface area contributed by atoms with Crippen LogP contribution in [-0.2, 0) is 20.2 Å². The zero-order chi connectivity index (χ0) is 32.8. The molecule has 3 aromatic carbocycles. The molecule has 3 aromatic rings. The number of carbonyl (C=O) groups is 2. The first-order valence-electron chi connectivity index (χ1n) is 15.8. The van der Waals surface area contributed by atoms with E-state index in [1.807, 2.05) is 72.2 Å². The average Bonchev–Trinajstić information content (AvgIpc) is 3.33. The number of para-hydroxylation sites is 1. The molecule has 1 spiro atoms. The van der Waals surface area contributed by atoms with Crippen LogP contribution in [0.3, 0.4) is 0 Å². The summed E-state index contributed by atoms with van der Waals surface area (Å²) in [6, 6.07) is 18.6. The standard InChI is InChI=1S/C35H40Cl2N4O4S/c1-24-16-25(2)18-27(17-24)34(43)39-14-15-40(32(22-39)26-19-28(36)21-29(37)20-26)33(42)8-11-38-12-9-35(10-13-38)23-41(46(3,44)45)31-7-5-4-6-30(31)35/h4-7,16-21,32H,8-15,22-23H2,1-3H3. The lowest BCUT2D eigenvalue weighted by molar-refractivity contribution is -0.136. The lowest BCUT2D eigenvalue weighted by atomic mass is 9.74. The molecule has 3 aliphatic rings. The quantitative estimate of drug-likeness (QED) is 0.327. The second kappa shape index (κ2) is 12.8. The third-order valence-corrected chi connectivity index (χ3v) is 11.3. The zero-order valence-corrected chi connectivity index (χ0v) is 28.8. The van der Waals surface area contributed by atoms with Crippen LogP contribution in [0.5, 0.6) is 0 Å². The predicted molar refractivity (Wildman–Crippen MR) is 183 cm³/mol. The summed E-state index contributed by atoms with van der Waals surface area (Å²) in [6.07, 6.45) is 3.27. The van der Waals surface area contributed by atoms with E-state index < -0.39 is 10.0 Å². The van der Waals surface area contributed by atoms with Gasteiger partial charge in [0.2, 0.25) is 15.9 Å². The number of aryl methyl sites for hydroxylation is 2. The minimum absolute atomic E-state index is 0.0225. The molecule has 8 nitrogen and oxygen atoms in total. The molecule has 11 heteroatoms. The van der Waals surface area contributed by atoms with Crippen molar-refractivity contribution >= 4 is 50.7 Å². The highest BCUT2D eigenvalue weighted by molar-refractivity contribution is 7.92. The average molecular weight is 684 g/mol. The van der Waals surface area contributed by atoms with Gasteiger partial charge >= 0.3 is 0 Å². The van der Waals surface area contributed by atoms with Gasteiger partial charge in [-0.1, -0.05) is 58.6 Å². The number of hydrogen-bond acceptors (Lipinski definition) is 5. The van der Waals surface area contributed by atoms with Crippen LogP contribution in [0.1, 0.15) is 57.9 Å². The molecule has 0 N–H and O–H groups in total. The Labute approximate surface area is 281 Å². The molecule has 3 heterocycles. The van der Waals surface area contributed by atoms with E-state index in [-0.39, 0.29) is 23.3 Å². The van der Waals surface area contributed by atoms with Crippen LogP contribution >= 0.6 is 23.2 Å². The van der Waals surface area contributed by atoms with Crippen molar-refractivity contribution < 1.29 is 18.0 Å². The van der Waals surface area contributed by atoms with E-state index in [9.17, 15) is 18.0 Å². The van der Waals surface area contributed by atoms with Gasteiger partial charge in [-0.25, -0.2) is 8.42 Å². The number of halogens is 2. The van der Waals surface area contributed by atoms with Gasteiger partial charge in [-0.3, -0.25) is 13.9 Å². The van der Waals surface area contributed by atoms with Crippen LogP contribution in [0.25, 0.3) is 0 Å². The Morgan fingerprint density at radius 3 is 2.20 bits per heavy atom. The summed E-state index contributed by atoms with van der Waals surface area (Å²) in [6.45, 7) is 7.79. The Hall–Kier alpha value is -3.11. The molecule has 1 unspecified atom stereocenters. The number of likely N-dealkylation sites (tertiary alicyclic amines) is 1. The van der Waals surface area contributed by atoms with Gasteiger partial charge in [-0.15, -0.1) is 0 Å². The van der Waals surface area contributed by atoms with Crippen molar-refractivity contribution in [2.45, 2.75) is 44.6 Å². The molecule has 0 radical (unpaired) electrons. The number of anilines is 1. The van der Waals surface area contributed by atoms with E-state index >= 15 is 0 Å². The zero-order valence-electron chi connectivity index (χ0n) is 26.5. The Bertz CT molecular complexity index is 1730. The molecule has 46 heavy (non-hydrogen) atoms. The molecule has 0 bridgehead atoms. The van der Waals surface area contributed by atoms with Gasteiger partial charge in [0.15, 0.2) is 0 Å². The number of benzene rings is 3. The number of sulfonamides is 1. The third-order valence-electron chi connectivity index (χ3n) is 9.77. The van der Waals surface area contributed by atoms with Crippen LogP contribution in [0.15, 0.2) is 60.7 Å². The highest BCUT2D eigenvalue weighted by atomic mass is 35.5. The first kappa shape index (κ1) is 32.8. The molecule has 1 atom stereocenters. The monoisotopic (exact) mass is 682 g/mol. The van der Waals surface area contributed by atoms with Crippen LogP contribution in [-0.4, -0.2) is 87.0 Å². The van der Waals surface area contributed by atoms with Crippen molar-refractivity contribution in [3.05, 3.63) is 98.5 Å². The number of hydrogen-bond donors (Lipinski definition) is 0. The molecule has 2 saturated heterocycles. The summed E-state index contributed by atoms with van der Waals surface area (Å²) in [5.41, 5.74) is 5.19. The van der Waals surface area contributed by atoms with E-state index in [1.54, 1.807) is 10.4 Å². The normalized spacial score (nSPS) is 19.8. The van der Waals surface area contributed by atoms with Crippen molar-refractivity contribution in [1.29, 1.82) is 0 Å². The van der Waals surface area contributed by atoms with Crippen molar-refractivity contribution in [3.8, 4) is 0 Å². The van der Waals surface area contributed by atoms with Crippen molar-refractivity contribution in [2.24, 2.45) is 0 Å². The van der Waals surface area contributed by atoms with Crippen molar-refractivity contribution in [1.82, 2.24) is 14.7 Å². The molecule has 2 amide bonds. The van der Waals surface area contributed by atoms with Gasteiger partial charge in [0.1, 0.15) is 0 Å². The second-order valence-corrected chi connectivity index (χ2v) is 15.9. The fraction of sp³-hybridized carbons (Fsp3) is 0.429.